The van der Waals surface area contributed by atoms with Crippen LogP contribution in [0.5, 0.6) is 28.7 Å². The Morgan fingerprint density at radius 2 is 1.43 bits per heavy atom. The number of phenolic OH excluding ortho intramolecular Hbond substituents is 1. The zero-order chi connectivity index (χ0) is 20.3. The van der Waals surface area contributed by atoms with Crippen molar-refractivity contribution < 1.29 is 33.6 Å². The van der Waals surface area contributed by atoms with Gasteiger partial charge < -0.3 is 33.6 Å². The van der Waals surface area contributed by atoms with Gasteiger partial charge in [-0.1, -0.05) is 11.2 Å². The molecular weight excluding hydrogens is 366 g/mol. The topological polar surface area (TPSA) is 88.0 Å². The van der Waals surface area contributed by atoms with E-state index in [1.54, 1.807) is 33.5 Å². The van der Waals surface area contributed by atoms with E-state index in [4.69, 9.17) is 28.5 Å². The van der Waals surface area contributed by atoms with Gasteiger partial charge in [0.15, 0.2) is 29.1 Å². The molecule has 0 saturated carbocycles. The van der Waals surface area contributed by atoms with E-state index < -0.39 is 6.10 Å². The Hall–Kier alpha value is -3.29. The van der Waals surface area contributed by atoms with Crippen molar-refractivity contribution in [2.45, 2.75) is 12.0 Å². The summed E-state index contributed by atoms with van der Waals surface area (Å²) in [7, 11) is 7.67. The lowest BCUT2D eigenvalue weighted by Gasteiger charge is -2.21. The molecule has 0 radical (unpaired) electrons. The molecule has 3 rings (SSSR count). The van der Waals surface area contributed by atoms with E-state index in [2.05, 4.69) is 5.16 Å². The zero-order valence-electron chi connectivity index (χ0n) is 16.4. The number of methoxy groups -OCH3 is 5. The number of nitrogens with zero attached hydrogens (tertiary/aromatic N) is 1. The van der Waals surface area contributed by atoms with Gasteiger partial charge in [-0.05, 0) is 29.8 Å². The Labute approximate surface area is 163 Å². The lowest BCUT2D eigenvalue weighted by atomic mass is 9.88. The molecule has 0 unspecified atom stereocenters. The third-order valence-corrected chi connectivity index (χ3v) is 4.61. The summed E-state index contributed by atoms with van der Waals surface area (Å²) in [5, 5.41) is 14.2. The summed E-state index contributed by atoms with van der Waals surface area (Å²) in [6.45, 7) is 0. The molecule has 8 heteroatoms. The quantitative estimate of drug-likeness (QED) is 0.811. The Morgan fingerprint density at radius 3 is 1.93 bits per heavy atom. The van der Waals surface area contributed by atoms with Gasteiger partial charge in [0.1, 0.15) is 5.92 Å². The smallest absolute Gasteiger partial charge is 0.237 e. The monoisotopic (exact) mass is 389 g/mol. The summed E-state index contributed by atoms with van der Waals surface area (Å²) < 4.78 is 26.8. The zero-order valence-corrected chi connectivity index (χ0v) is 16.4. The fourth-order valence-corrected chi connectivity index (χ4v) is 3.26. The maximum absolute atomic E-state index is 10.2. The minimum absolute atomic E-state index is 0.0121. The minimum Gasteiger partial charge on any atom is -0.504 e. The van der Waals surface area contributed by atoms with E-state index in [0.29, 0.717) is 34.5 Å². The van der Waals surface area contributed by atoms with Crippen molar-refractivity contribution in [1.29, 1.82) is 0 Å². The summed E-state index contributed by atoms with van der Waals surface area (Å²) in [6.07, 6.45) is -0.519. The molecule has 0 saturated heterocycles. The first-order valence-electron chi connectivity index (χ1n) is 8.52. The molecule has 2 atom stereocenters. The average molecular weight is 389 g/mol. The van der Waals surface area contributed by atoms with Crippen molar-refractivity contribution >= 4 is 5.90 Å². The molecule has 2 aromatic rings. The number of hydrogen-bond acceptors (Lipinski definition) is 8. The molecule has 0 aliphatic carbocycles. The standard InChI is InChI=1S/C20H23NO7/c1-23-14-7-6-11(8-13(14)22)18-17(20(27-5)21-28-18)12-9-15(24-2)19(26-4)16(10-12)25-3/h6-10,17-18,22H,1-5H3/t17-,18+/m1/s1. The molecule has 0 fully saturated rings. The number of ether oxygens (including phenoxy) is 5. The van der Waals surface area contributed by atoms with Crippen LogP contribution in [0.4, 0.5) is 0 Å². The molecule has 2 aromatic carbocycles. The molecular formula is C20H23NO7. The van der Waals surface area contributed by atoms with Crippen molar-refractivity contribution in [2.75, 3.05) is 35.5 Å². The average Bonchev–Trinajstić information content (AvgIpc) is 3.16. The highest BCUT2D eigenvalue weighted by Crippen LogP contribution is 2.47. The third-order valence-electron chi connectivity index (χ3n) is 4.61. The first-order valence-corrected chi connectivity index (χ1v) is 8.52. The lowest BCUT2D eigenvalue weighted by Crippen LogP contribution is -2.17. The van der Waals surface area contributed by atoms with Crippen LogP contribution in [-0.4, -0.2) is 46.6 Å². The molecule has 0 aromatic heterocycles. The molecule has 0 spiro atoms. The maximum Gasteiger partial charge on any atom is 0.237 e. The first-order chi connectivity index (χ1) is 13.6. The fraction of sp³-hybridized carbons (Fsp3) is 0.350. The second-order valence-electron chi connectivity index (χ2n) is 6.03. The van der Waals surface area contributed by atoms with Gasteiger partial charge in [-0.3, -0.25) is 0 Å². The van der Waals surface area contributed by atoms with Crippen LogP contribution in [0.1, 0.15) is 23.1 Å². The van der Waals surface area contributed by atoms with Crippen LogP contribution in [0, 0.1) is 0 Å². The lowest BCUT2D eigenvalue weighted by molar-refractivity contribution is 0.0759. The van der Waals surface area contributed by atoms with E-state index in [-0.39, 0.29) is 11.7 Å². The Morgan fingerprint density at radius 1 is 0.786 bits per heavy atom. The SMILES string of the molecule is COC1=NO[C@@H](c2ccc(OC)c(O)c2)[C@H]1c1cc(OC)c(OC)c(OC)c1. The van der Waals surface area contributed by atoms with Crippen molar-refractivity contribution in [3.63, 3.8) is 0 Å². The van der Waals surface area contributed by atoms with E-state index >= 15 is 0 Å². The second kappa shape index (κ2) is 8.16. The molecule has 28 heavy (non-hydrogen) atoms. The number of rotatable bonds is 6. The van der Waals surface area contributed by atoms with Gasteiger partial charge in [0, 0.05) is 5.56 Å². The molecule has 8 nitrogen and oxygen atoms in total. The maximum atomic E-state index is 10.2. The summed E-state index contributed by atoms with van der Waals surface area (Å²) in [5.41, 5.74) is 1.51. The van der Waals surface area contributed by atoms with Gasteiger partial charge in [-0.15, -0.1) is 0 Å². The Bertz CT molecular complexity index is 856. The van der Waals surface area contributed by atoms with Crippen molar-refractivity contribution in [3.05, 3.63) is 41.5 Å². The van der Waals surface area contributed by atoms with Crippen molar-refractivity contribution in [1.82, 2.24) is 0 Å². The van der Waals surface area contributed by atoms with Gasteiger partial charge in [0.2, 0.25) is 11.6 Å². The summed E-state index contributed by atoms with van der Waals surface area (Å²) >= 11 is 0. The Balaban J connectivity index is 2.08. The highest BCUT2D eigenvalue weighted by molar-refractivity contribution is 5.86. The van der Waals surface area contributed by atoms with E-state index in [0.717, 1.165) is 5.56 Å². The highest BCUT2D eigenvalue weighted by atomic mass is 16.7. The fourth-order valence-electron chi connectivity index (χ4n) is 3.26. The minimum atomic E-state index is -0.519. The third kappa shape index (κ3) is 3.33. The summed E-state index contributed by atoms with van der Waals surface area (Å²) in [4.78, 5) is 5.64. The second-order valence-corrected chi connectivity index (χ2v) is 6.03. The van der Waals surface area contributed by atoms with Crippen LogP contribution in [0.2, 0.25) is 0 Å². The molecule has 1 heterocycles. The van der Waals surface area contributed by atoms with Crippen LogP contribution in [0.3, 0.4) is 0 Å². The van der Waals surface area contributed by atoms with Gasteiger partial charge in [0.25, 0.3) is 0 Å². The molecule has 1 N–H and O–H groups in total. The number of hydrogen-bond donors (Lipinski definition) is 1. The van der Waals surface area contributed by atoms with Crippen LogP contribution in [0.15, 0.2) is 35.5 Å². The number of aromatic hydroxyl groups is 1. The van der Waals surface area contributed by atoms with E-state index in [1.165, 1.54) is 14.2 Å². The molecule has 0 bridgehead atoms. The van der Waals surface area contributed by atoms with Crippen LogP contribution in [-0.2, 0) is 9.57 Å². The predicted molar refractivity (Wildman–Crippen MR) is 102 cm³/mol. The van der Waals surface area contributed by atoms with Gasteiger partial charge in [-0.2, -0.15) is 0 Å². The van der Waals surface area contributed by atoms with Crippen molar-refractivity contribution in [2.24, 2.45) is 5.16 Å². The van der Waals surface area contributed by atoms with Gasteiger partial charge in [-0.25, -0.2) is 0 Å². The number of phenols is 1. The van der Waals surface area contributed by atoms with Crippen LogP contribution < -0.4 is 18.9 Å². The summed E-state index contributed by atoms with van der Waals surface area (Å²) in [5.74, 6) is 1.91. The molecule has 1 aliphatic rings. The summed E-state index contributed by atoms with van der Waals surface area (Å²) in [6, 6.07) is 8.72. The molecule has 1 aliphatic heterocycles. The molecule has 0 amide bonds. The Kier molecular flexibility index (Phi) is 5.67. The number of benzene rings is 2. The normalized spacial score (nSPS) is 18.1. The number of oxime groups is 1. The van der Waals surface area contributed by atoms with E-state index in [9.17, 15) is 5.11 Å². The largest absolute Gasteiger partial charge is 0.504 e. The first kappa shape index (κ1) is 19.5. The van der Waals surface area contributed by atoms with Gasteiger partial charge in [0.05, 0.1) is 35.5 Å². The van der Waals surface area contributed by atoms with Crippen molar-refractivity contribution in [3.8, 4) is 28.7 Å². The van der Waals surface area contributed by atoms with Crippen LogP contribution >= 0.6 is 0 Å². The molecule has 150 valence electrons. The highest BCUT2D eigenvalue weighted by Gasteiger charge is 2.39. The van der Waals surface area contributed by atoms with E-state index in [1.807, 2.05) is 18.2 Å². The van der Waals surface area contributed by atoms with Crippen LogP contribution in [0.25, 0.3) is 0 Å². The van der Waals surface area contributed by atoms with Gasteiger partial charge >= 0.3 is 0 Å². The predicted octanol–water partition coefficient (Wildman–Crippen LogP) is 3.24.